The number of hydrogen-bond acceptors (Lipinski definition) is 6. The molecule has 0 spiro atoms. The van der Waals surface area contributed by atoms with Crippen LogP contribution in [0.25, 0.3) is 0 Å². The molecule has 8 nitrogen and oxygen atoms in total. The van der Waals surface area contributed by atoms with E-state index in [1.165, 1.54) is 37.4 Å². The van der Waals surface area contributed by atoms with Crippen molar-refractivity contribution < 1.29 is 27.5 Å². The highest BCUT2D eigenvalue weighted by Crippen LogP contribution is 2.27. The van der Waals surface area contributed by atoms with Gasteiger partial charge in [0.15, 0.2) is 0 Å². The van der Waals surface area contributed by atoms with Crippen LogP contribution in [0.4, 0.5) is 5.69 Å². The lowest BCUT2D eigenvalue weighted by Gasteiger charge is -2.19. The Bertz CT molecular complexity index is 1280. The van der Waals surface area contributed by atoms with Crippen molar-refractivity contribution in [3.8, 4) is 5.75 Å². The summed E-state index contributed by atoms with van der Waals surface area (Å²) in [6.45, 7) is 1.96. The summed E-state index contributed by atoms with van der Waals surface area (Å²) in [6, 6.07) is 18.1. The Morgan fingerprint density at radius 1 is 1.00 bits per heavy atom. The van der Waals surface area contributed by atoms with Crippen molar-refractivity contribution in [2.24, 2.45) is 0 Å². The van der Waals surface area contributed by atoms with Crippen LogP contribution in [0.5, 0.6) is 5.75 Å². The standard InChI is InChI=1S/C25H25ClN2O6S/c1-3-34-25(30)18-9-11-19(12-10-18)27-24(29)22(15-17-7-5-4-6-8-17)28-35(31,32)20-13-14-23(33-2)21(26)16-20/h4-14,16,22,28H,3,15H2,1-2H3,(H,27,29)/t22-/m1/s1. The Labute approximate surface area is 209 Å². The molecule has 0 aliphatic carbocycles. The predicted octanol–water partition coefficient (Wildman–Crippen LogP) is 4.05. The van der Waals surface area contributed by atoms with Gasteiger partial charge < -0.3 is 14.8 Å². The number of esters is 1. The fraction of sp³-hybridized carbons (Fsp3) is 0.200. The zero-order valence-electron chi connectivity index (χ0n) is 19.2. The Balaban J connectivity index is 1.83. The number of benzene rings is 3. The molecule has 0 saturated heterocycles. The quantitative estimate of drug-likeness (QED) is 0.393. The van der Waals surface area contributed by atoms with E-state index in [2.05, 4.69) is 10.0 Å². The molecule has 0 heterocycles. The van der Waals surface area contributed by atoms with Crippen molar-refractivity contribution in [2.45, 2.75) is 24.3 Å². The van der Waals surface area contributed by atoms with Crippen molar-refractivity contribution in [3.05, 3.63) is 88.9 Å². The first-order chi connectivity index (χ1) is 16.7. The molecular formula is C25H25ClN2O6S. The van der Waals surface area contributed by atoms with Crippen molar-refractivity contribution >= 4 is 39.2 Å². The molecule has 3 aromatic carbocycles. The zero-order valence-corrected chi connectivity index (χ0v) is 20.7. The molecule has 0 saturated carbocycles. The van der Waals surface area contributed by atoms with Gasteiger partial charge in [-0.2, -0.15) is 4.72 Å². The number of carbonyl (C=O) groups excluding carboxylic acids is 2. The molecule has 3 aromatic rings. The Morgan fingerprint density at radius 2 is 1.69 bits per heavy atom. The van der Waals surface area contributed by atoms with Crippen LogP contribution in [0.1, 0.15) is 22.8 Å². The van der Waals surface area contributed by atoms with Gasteiger partial charge in [0, 0.05) is 5.69 Å². The summed E-state index contributed by atoms with van der Waals surface area (Å²) in [4.78, 5) is 24.9. The summed E-state index contributed by atoms with van der Waals surface area (Å²) >= 11 is 6.10. The Morgan fingerprint density at radius 3 is 2.29 bits per heavy atom. The molecule has 0 bridgehead atoms. The molecule has 2 N–H and O–H groups in total. The van der Waals surface area contributed by atoms with E-state index in [0.29, 0.717) is 17.0 Å². The van der Waals surface area contributed by atoms with E-state index in [-0.39, 0.29) is 22.9 Å². The van der Waals surface area contributed by atoms with Crippen LogP contribution in [0.15, 0.2) is 77.7 Å². The number of carbonyl (C=O) groups is 2. The van der Waals surface area contributed by atoms with Gasteiger partial charge in [0.05, 0.1) is 29.2 Å². The van der Waals surface area contributed by atoms with Gasteiger partial charge in [-0.15, -0.1) is 0 Å². The van der Waals surface area contributed by atoms with Crippen LogP contribution in [-0.2, 0) is 26.0 Å². The van der Waals surface area contributed by atoms with E-state index in [9.17, 15) is 18.0 Å². The van der Waals surface area contributed by atoms with E-state index in [1.54, 1.807) is 43.3 Å². The first-order valence-electron chi connectivity index (χ1n) is 10.7. The topological polar surface area (TPSA) is 111 Å². The van der Waals surface area contributed by atoms with Gasteiger partial charge in [0.2, 0.25) is 15.9 Å². The maximum atomic E-state index is 13.1. The molecule has 1 amide bonds. The van der Waals surface area contributed by atoms with Gasteiger partial charge in [-0.05, 0) is 61.4 Å². The molecule has 10 heteroatoms. The van der Waals surface area contributed by atoms with E-state index in [1.807, 2.05) is 6.07 Å². The smallest absolute Gasteiger partial charge is 0.338 e. The molecule has 35 heavy (non-hydrogen) atoms. The van der Waals surface area contributed by atoms with Crippen LogP contribution >= 0.6 is 11.6 Å². The minimum atomic E-state index is -4.10. The highest BCUT2D eigenvalue weighted by molar-refractivity contribution is 7.89. The number of sulfonamides is 1. The lowest BCUT2D eigenvalue weighted by molar-refractivity contribution is -0.117. The Hall–Kier alpha value is -3.40. The monoisotopic (exact) mass is 516 g/mol. The summed E-state index contributed by atoms with van der Waals surface area (Å²) in [5, 5.41) is 2.83. The van der Waals surface area contributed by atoms with Gasteiger partial charge in [0.1, 0.15) is 11.8 Å². The van der Waals surface area contributed by atoms with Crippen LogP contribution in [0.3, 0.4) is 0 Å². The lowest BCUT2D eigenvalue weighted by Crippen LogP contribution is -2.45. The molecule has 1 atom stereocenters. The zero-order chi connectivity index (χ0) is 25.4. The average molecular weight is 517 g/mol. The SMILES string of the molecule is CCOC(=O)c1ccc(NC(=O)[C@@H](Cc2ccccc2)NS(=O)(=O)c2ccc(OC)c(Cl)c2)cc1. The number of methoxy groups -OCH3 is 1. The third-order valence-corrected chi connectivity index (χ3v) is 6.76. The van der Waals surface area contributed by atoms with Gasteiger partial charge in [-0.25, -0.2) is 13.2 Å². The fourth-order valence-corrected chi connectivity index (χ4v) is 4.78. The Kier molecular flexibility index (Phi) is 8.86. The second-order valence-corrected chi connectivity index (χ2v) is 9.57. The number of hydrogen-bond donors (Lipinski definition) is 2. The summed E-state index contributed by atoms with van der Waals surface area (Å²) < 4.78 is 38.7. The molecule has 0 aliphatic rings. The fourth-order valence-electron chi connectivity index (χ4n) is 3.24. The molecule has 0 fully saturated rings. The molecule has 0 aliphatic heterocycles. The summed E-state index contributed by atoms with van der Waals surface area (Å²) in [6.07, 6.45) is 0.108. The second-order valence-electron chi connectivity index (χ2n) is 7.45. The van der Waals surface area contributed by atoms with Crippen molar-refractivity contribution in [1.82, 2.24) is 4.72 Å². The third-order valence-electron chi connectivity index (χ3n) is 4.99. The van der Waals surface area contributed by atoms with Crippen molar-refractivity contribution in [3.63, 3.8) is 0 Å². The molecule has 0 radical (unpaired) electrons. The van der Waals surface area contributed by atoms with Gasteiger partial charge >= 0.3 is 5.97 Å². The number of rotatable bonds is 10. The van der Waals surface area contributed by atoms with E-state index >= 15 is 0 Å². The molecule has 184 valence electrons. The largest absolute Gasteiger partial charge is 0.495 e. The van der Waals surface area contributed by atoms with E-state index in [0.717, 1.165) is 5.56 Å². The molecule has 3 rings (SSSR count). The maximum absolute atomic E-state index is 13.1. The van der Waals surface area contributed by atoms with Crippen LogP contribution in [-0.4, -0.2) is 40.1 Å². The van der Waals surface area contributed by atoms with Crippen LogP contribution in [0, 0.1) is 0 Å². The number of halogens is 1. The predicted molar refractivity (Wildman–Crippen MR) is 133 cm³/mol. The number of anilines is 1. The summed E-state index contributed by atoms with van der Waals surface area (Å²) in [5.74, 6) is -0.713. The van der Waals surface area contributed by atoms with E-state index in [4.69, 9.17) is 21.1 Å². The maximum Gasteiger partial charge on any atom is 0.338 e. The van der Waals surface area contributed by atoms with Crippen LogP contribution < -0.4 is 14.8 Å². The minimum Gasteiger partial charge on any atom is -0.495 e. The summed E-state index contributed by atoms with van der Waals surface area (Å²) in [7, 11) is -2.68. The number of nitrogens with one attached hydrogen (secondary N) is 2. The lowest BCUT2D eigenvalue weighted by atomic mass is 10.1. The highest BCUT2D eigenvalue weighted by atomic mass is 35.5. The third kappa shape index (κ3) is 7.05. The number of ether oxygens (including phenoxy) is 2. The van der Waals surface area contributed by atoms with E-state index < -0.39 is 27.9 Å². The molecular weight excluding hydrogens is 492 g/mol. The van der Waals surface area contributed by atoms with Gasteiger partial charge in [-0.1, -0.05) is 41.9 Å². The van der Waals surface area contributed by atoms with Crippen molar-refractivity contribution in [1.29, 1.82) is 0 Å². The molecule has 0 aromatic heterocycles. The van der Waals surface area contributed by atoms with Gasteiger partial charge in [0.25, 0.3) is 0 Å². The summed E-state index contributed by atoms with van der Waals surface area (Å²) in [5.41, 5.74) is 1.50. The normalized spacial score (nSPS) is 12.0. The second kappa shape index (κ2) is 11.8. The first-order valence-corrected chi connectivity index (χ1v) is 12.6. The number of amides is 1. The minimum absolute atomic E-state index is 0.104. The van der Waals surface area contributed by atoms with Crippen molar-refractivity contribution in [2.75, 3.05) is 19.0 Å². The highest BCUT2D eigenvalue weighted by Gasteiger charge is 2.27. The first kappa shape index (κ1) is 26.2. The average Bonchev–Trinajstić information content (AvgIpc) is 2.84. The molecule has 0 unspecified atom stereocenters. The van der Waals surface area contributed by atoms with Crippen LogP contribution in [0.2, 0.25) is 5.02 Å². The van der Waals surface area contributed by atoms with Gasteiger partial charge in [-0.3, -0.25) is 4.79 Å².